The highest BCUT2D eigenvalue weighted by Crippen LogP contribution is 2.40. The lowest BCUT2D eigenvalue weighted by atomic mass is 9.89. The van der Waals surface area contributed by atoms with E-state index < -0.39 is 23.9 Å². The van der Waals surface area contributed by atoms with Crippen molar-refractivity contribution in [3.63, 3.8) is 0 Å². The highest BCUT2D eigenvalue weighted by atomic mass is 19.4. The van der Waals surface area contributed by atoms with E-state index in [0.29, 0.717) is 12.2 Å². The van der Waals surface area contributed by atoms with Crippen LogP contribution in [0.15, 0.2) is 18.2 Å². The summed E-state index contributed by atoms with van der Waals surface area (Å²) in [6, 6.07) is 2.62. The SMILES string of the molecule is Cc1nc(-c2cc(NC(=O)N3C4CCC3C(C)C(O)C4)cc(C(F)(F)F)c2)n[nH]1. The highest BCUT2D eigenvalue weighted by Gasteiger charge is 2.47. The summed E-state index contributed by atoms with van der Waals surface area (Å²) < 4.78 is 40.2. The number of H-pyrrole nitrogens is 1. The van der Waals surface area contributed by atoms with Crippen molar-refractivity contribution in [2.75, 3.05) is 5.32 Å². The molecule has 2 amide bonds. The van der Waals surface area contributed by atoms with E-state index in [9.17, 15) is 23.1 Å². The number of halogens is 3. The molecule has 0 aliphatic carbocycles. The maximum atomic E-state index is 13.4. The van der Waals surface area contributed by atoms with Crippen molar-refractivity contribution in [3.8, 4) is 11.4 Å². The summed E-state index contributed by atoms with van der Waals surface area (Å²) in [7, 11) is 0. The molecule has 1 aromatic heterocycles. The Bertz CT molecular complexity index is 929. The molecular formula is C19H22F3N5O2. The molecule has 2 aromatic rings. The Labute approximate surface area is 165 Å². The summed E-state index contributed by atoms with van der Waals surface area (Å²) >= 11 is 0. The van der Waals surface area contributed by atoms with Crippen molar-refractivity contribution in [1.29, 1.82) is 0 Å². The number of nitrogens with zero attached hydrogens (tertiary/aromatic N) is 3. The summed E-state index contributed by atoms with van der Waals surface area (Å²) in [6.45, 7) is 3.54. The van der Waals surface area contributed by atoms with Crippen LogP contribution in [0.3, 0.4) is 0 Å². The zero-order valence-electron chi connectivity index (χ0n) is 16.0. The zero-order chi connectivity index (χ0) is 20.9. The number of amides is 2. The number of alkyl halides is 3. The van der Waals surface area contributed by atoms with Gasteiger partial charge in [-0.3, -0.25) is 5.10 Å². The number of hydrogen-bond donors (Lipinski definition) is 3. The van der Waals surface area contributed by atoms with Crippen molar-refractivity contribution in [2.24, 2.45) is 5.92 Å². The van der Waals surface area contributed by atoms with E-state index in [2.05, 4.69) is 20.5 Å². The van der Waals surface area contributed by atoms with Gasteiger partial charge in [-0.1, -0.05) is 6.92 Å². The first kappa shape index (κ1) is 19.7. The number of nitrogens with one attached hydrogen (secondary N) is 2. The van der Waals surface area contributed by atoms with Crippen LogP contribution >= 0.6 is 0 Å². The Morgan fingerprint density at radius 1 is 1.31 bits per heavy atom. The monoisotopic (exact) mass is 409 g/mol. The Kier molecular flexibility index (Phi) is 4.76. The molecule has 7 nitrogen and oxygen atoms in total. The average molecular weight is 409 g/mol. The molecule has 4 atom stereocenters. The number of aromatic amines is 1. The van der Waals surface area contributed by atoms with Crippen LogP contribution in [0.2, 0.25) is 0 Å². The number of fused-ring (bicyclic) bond motifs is 2. The van der Waals surface area contributed by atoms with Crippen molar-refractivity contribution in [3.05, 3.63) is 29.6 Å². The predicted octanol–water partition coefficient (Wildman–Crippen LogP) is 3.56. The fourth-order valence-electron chi connectivity index (χ4n) is 4.38. The summed E-state index contributed by atoms with van der Waals surface area (Å²) in [6.07, 6.45) is -3.01. The molecule has 2 aliphatic rings. The third-order valence-electron chi connectivity index (χ3n) is 5.88. The van der Waals surface area contributed by atoms with Crippen LogP contribution in [0.4, 0.5) is 23.7 Å². The van der Waals surface area contributed by atoms with E-state index in [1.54, 1.807) is 11.8 Å². The molecule has 2 bridgehead atoms. The molecule has 4 unspecified atom stereocenters. The van der Waals surface area contributed by atoms with Gasteiger partial charge in [0.25, 0.3) is 0 Å². The minimum Gasteiger partial charge on any atom is -0.393 e. The first-order valence-electron chi connectivity index (χ1n) is 9.52. The summed E-state index contributed by atoms with van der Waals surface area (Å²) in [5.41, 5.74) is -0.705. The molecule has 1 aromatic carbocycles. The van der Waals surface area contributed by atoms with Gasteiger partial charge in [-0.25, -0.2) is 9.78 Å². The molecule has 3 N–H and O–H groups in total. The maximum absolute atomic E-state index is 13.4. The molecule has 29 heavy (non-hydrogen) atoms. The number of urea groups is 1. The van der Waals surface area contributed by atoms with E-state index >= 15 is 0 Å². The number of aryl methyl sites for hydroxylation is 1. The lowest BCUT2D eigenvalue weighted by Gasteiger charge is -2.41. The smallest absolute Gasteiger partial charge is 0.393 e. The number of hydrogen-bond acceptors (Lipinski definition) is 4. The Morgan fingerprint density at radius 3 is 2.72 bits per heavy atom. The zero-order valence-corrected chi connectivity index (χ0v) is 16.0. The maximum Gasteiger partial charge on any atom is 0.416 e. The molecule has 10 heteroatoms. The number of rotatable bonds is 2. The highest BCUT2D eigenvalue weighted by molar-refractivity contribution is 5.91. The fourth-order valence-corrected chi connectivity index (χ4v) is 4.38. The molecule has 3 heterocycles. The van der Waals surface area contributed by atoms with Crippen molar-refractivity contribution < 1.29 is 23.1 Å². The summed E-state index contributed by atoms with van der Waals surface area (Å²) in [5.74, 6) is 0.520. The minimum absolute atomic E-state index is 0.0282. The number of carbonyl (C=O) groups excluding carboxylic acids is 1. The summed E-state index contributed by atoms with van der Waals surface area (Å²) in [4.78, 5) is 18.7. The van der Waals surface area contributed by atoms with Gasteiger partial charge in [0, 0.05) is 29.3 Å². The van der Waals surface area contributed by atoms with Gasteiger partial charge in [0.15, 0.2) is 5.82 Å². The topological polar surface area (TPSA) is 94.1 Å². The van der Waals surface area contributed by atoms with Gasteiger partial charge in [0.1, 0.15) is 5.82 Å². The third-order valence-corrected chi connectivity index (χ3v) is 5.88. The van der Waals surface area contributed by atoms with E-state index in [4.69, 9.17) is 0 Å². The van der Waals surface area contributed by atoms with Crippen molar-refractivity contribution in [1.82, 2.24) is 20.1 Å². The van der Waals surface area contributed by atoms with E-state index in [1.807, 2.05) is 6.92 Å². The van der Waals surface area contributed by atoms with Gasteiger partial charge in [0.05, 0.1) is 11.7 Å². The number of aromatic nitrogens is 3. The van der Waals surface area contributed by atoms with E-state index in [1.165, 1.54) is 6.07 Å². The first-order valence-corrected chi connectivity index (χ1v) is 9.52. The molecular weight excluding hydrogens is 387 g/mol. The lowest BCUT2D eigenvalue weighted by Crippen LogP contribution is -2.53. The second kappa shape index (κ2) is 7.01. The fraction of sp³-hybridized carbons (Fsp3) is 0.526. The van der Waals surface area contributed by atoms with Crippen molar-refractivity contribution in [2.45, 2.75) is 57.5 Å². The molecule has 2 aliphatic heterocycles. The van der Waals surface area contributed by atoms with Gasteiger partial charge in [-0.05, 0) is 44.4 Å². The normalized spacial score (nSPS) is 26.6. The lowest BCUT2D eigenvalue weighted by molar-refractivity contribution is -0.137. The number of benzene rings is 1. The van der Waals surface area contributed by atoms with Gasteiger partial charge >= 0.3 is 12.2 Å². The van der Waals surface area contributed by atoms with Crippen LogP contribution in [-0.2, 0) is 6.18 Å². The van der Waals surface area contributed by atoms with Crippen LogP contribution in [0.25, 0.3) is 11.4 Å². The second-order valence-corrected chi connectivity index (χ2v) is 7.84. The molecule has 2 fully saturated rings. The minimum atomic E-state index is -4.58. The van der Waals surface area contributed by atoms with Crippen LogP contribution in [0, 0.1) is 12.8 Å². The van der Waals surface area contributed by atoms with Crippen molar-refractivity contribution >= 4 is 11.7 Å². The third kappa shape index (κ3) is 3.68. The molecule has 4 rings (SSSR count). The van der Waals surface area contributed by atoms with Crippen LogP contribution in [-0.4, -0.2) is 49.4 Å². The van der Waals surface area contributed by atoms with E-state index in [0.717, 1.165) is 25.0 Å². The van der Waals surface area contributed by atoms with Gasteiger partial charge in [-0.15, -0.1) is 0 Å². The molecule has 156 valence electrons. The predicted molar refractivity (Wildman–Crippen MR) is 99.0 cm³/mol. The first-order chi connectivity index (χ1) is 13.6. The van der Waals surface area contributed by atoms with Gasteiger partial charge in [-0.2, -0.15) is 18.3 Å². The Hall–Kier alpha value is -2.62. The standard InChI is InChI=1S/C19H22F3N5O2/c1-9-15-4-3-14(8-16(9)28)27(15)18(29)24-13-6-11(17-23-10(2)25-26-17)5-12(7-13)19(20,21)22/h5-7,9,14-16,28H,3-4,8H2,1-2H3,(H,24,29)(H,23,25,26). The van der Waals surface area contributed by atoms with Crippen LogP contribution in [0.5, 0.6) is 0 Å². The van der Waals surface area contributed by atoms with Crippen LogP contribution < -0.4 is 5.32 Å². The van der Waals surface area contributed by atoms with Gasteiger partial charge < -0.3 is 15.3 Å². The van der Waals surface area contributed by atoms with Crippen LogP contribution in [0.1, 0.15) is 37.6 Å². The average Bonchev–Trinajstić information content (AvgIpc) is 3.23. The number of aliphatic hydroxyl groups is 1. The second-order valence-electron chi connectivity index (χ2n) is 7.84. The van der Waals surface area contributed by atoms with E-state index in [-0.39, 0.29) is 35.1 Å². The number of anilines is 1. The Balaban J connectivity index is 1.64. The number of piperidine rings is 1. The summed E-state index contributed by atoms with van der Waals surface area (Å²) in [5, 5.41) is 19.3. The molecule has 0 saturated carbocycles. The van der Waals surface area contributed by atoms with Gasteiger partial charge in [0.2, 0.25) is 0 Å². The number of carbonyl (C=O) groups is 1. The Morgan fingerprint density at radius 2 is 2.07 bits per heavy atom. The largest absolute Gasteiger partial charge is 0.416 e. The molecule has 0 spiro atoms. The molecule has 2 saturated heterocycles. The quantitative estimate of drug-likeness (QED) is 0.707. The molecule has 0 radical (unpaired) electrons. The number of aliphatic hydroxyl groups excluding tert-OH is 1.